The summed E-state index contributed by atoms with van der Waals surface area (Å²) in [6, 6.07) is 0. The lowest BCUT2D eigenvalue weighted by Crippen LogP contribution is -3.20. The molecule has 0 aromatic rings. The monoisotopic (exact) mass is 528 g/mol. The zero-order valence-corrected chi connectivity index (χ0v) is 20.9. The van der Waals surface area contributed by atoms with E-state index in [2.05, 4.69) is 28.2 Å². The molecule has 4 N–H and O–H groups in total. The summed E-state index contributed by atoms with van der Waals surface area (Å²) in [5.41, 5.74) is 0. The molecule has 0 amide bonds. The number of quaternary nitrogens is 4. The number of likely N-dealkylation sites (N-methyl/N-ethyl adjacent to an activating group) is 4. The molecule has 30 heavy (non-hydrogen) atoms. The Labute approximate surface area is 195 Å². The van der Waals surface area contributed by atoms with E-state index in [1.165, 1.54) is 65.2 Å². The third-order valence-corrected chi connectivity index (χ3v) is 4.37. The van der Waals surface area contributed by atoms with Crippen LogP contribution < -0.4 is 81.7 Å². The van der Waals surface area contributed by atoms with Gasteiger partial charge in [0.15, 0.2) is 0 Å². The summed E-state index contributed by atoms with van der Waals surface area (Å²) in [7, 11) is -0.475. The lowest BCUT2D eigenvalue weighted by atomic mass is 10.3. The van der Waals surface area contributed by atoms with Crippen molar-refractivity contribution < 1.29 is 102 Å². The minimum absolute atomic E-state index is 0. The zero-order chi connectivity index (χ0) is 22.4. The zero-order valence-electron chi connectivity index (χ0n) is 17.8. The van der Waals surface area contributed by atoms with Crippen LogP contribution in [0.2, 0.25) is 0 Å². The molecule has 0 aliphatic carbocycles. The average molecular weight is 530 g/mol. The molecule has 1 saturated heterocycles. The molecule has 0 saturated carbocycles. The molecule has 0 radical (unpaired) electrons. The van der Waals surface area contributed by atoms with Crippen molar-refractivity contribution in [3.05, 3.63) is 0 Å². The summed E-state index contributed by atoms with van der Waals surface area (Å²) in [5, 5.41) is 0. The molecule has 1 heterocycles. The first-order chi connectivity index (χ1) is 12.6. The maximum absolute atomic E-state index is 8.49. The second-order valence-corrected chi connectivity index (χ2v) is 8.80. The van der Waals surface area contributed by atoms with Crippen LogP contribution in [0.4, 0.5) is 0 Å². The summed E-state index contributed by atoms with van der Waals surface area (Å²) >= 11 is 0. The third-order valence-electron chi connectivity index (χ3n) is 4.37. The Balaban J connectivity index is -0.000000237. The molecule has 4 unspecified atom stereocenters. The predicted molar refractivity (Wildman–Crippen MR) is 75.7 cm³/mol. The normalized spacial score (nSPS) is 26.8. The van der Waals surface area contributed by atoms with Gasteiger partial charge < -0.3 is 44.4 Å². The van der Waals surface area contributed by atoms with Gasteiger partial charge in [-0.15, -0.1) is 20.5 Å². The van der Waals surface area contributed by atoms with Crippen molar-refractivity contribution in [2.45, 2.75) is 12.8 Å². The third kappa shape index (κ3) is 42.7. The highest BCUT2D eigenvalue weighted by Gasteiger charge is 2.13. The molecule has 1 fully saturated rings. The first-order valence-electron chi connectivity index (χ1n) is 9.06. The average Bonchev–Trinajstić information content (AvgIpc) is 2.47. The highest BCUT2D eigenvalue weighted by Crippen LogP contribution is 1.66. The molecule has 0 spiro atoms. The van der Waals surface area contributed by atoms with Crippen LogP contribution in [0.25, 0.3) is 0 Å². The van der Waals surface area contributed by atoms with Gasteiger partial charge in [0.05, 0.1) is 54.4 Å². The van der Waals surface area contributed by atoms with E-state index in [9.17, 15) is 0 Å². The number of halogens is 4. The Morgan fingerprint density at radius 3 is 0.667 bits per heavy atom. The maximum atomic E-state index is 8.49. The Morgan fingerprint density at radius 1 is 0.400 bits per heavy atom. The van der Waals surface area contributed by atoms with Crippen molar-refractivity contribution in [1.29, 1.82) is 0 Å². The topological polar surface area (TPSA) is 202 Å². The van der Waals surface area contributed by atoms with Gasteiger partial charge in [-0.2, -0.15) is 0 Å². The SMILES string of the molecule is C[NH+]1CCC[NH+](C)CC[NH+](C)CCC[NH+](C)CC1.[Cl-].[Cl-].[O-][Cl+3]([O-])([O-])[O-].[O-][Cl+3]([O-])([O-])[O-]. The van der Waals surface area contributed by atoms with Gasteiger partial charge in [0.2, 0.25) is 0 Å². The fraction of sp³-hybridized carbons (Fsp3) is 1.00. The molecular weight excluding hydrogens is 494 g/mol. The Kier molecular flexibility index (Phi) is 25.7. The van der Waals surface area contributed by atoms with Gasteiger partial charge in [0.1, 0.15) is 26.2 Å². The minimum atomic E-state index is -4.94. The largest absolute Gasteiger partial charge is 1.00 e. The Bertz CT molecular complexity index is 315. The first kappa shape index (κ1) is 38.0. The molecule has 188 valence electrons. The summed E-state index contributed by atoms with van der Waals surface area (Å²) in [6.07, 6.45) is 2.74. The Hall–Kier alpha value is 0.680. The van der Waals surface area contributed by atoms with Crippen LogP contribution in [0.5, 0.6) is 0 Å². The van der Waals surface area contributed by atoms with Crippen molar-refractivity contribution in [2.75, 3.05) is 80.5 Å². The molecule has 12 nitrogen and oxygen atoms in total. The van der Waals surface area contributed by atoms with Crippen molar-refractivity contribution in [2.24, 2.45) is 0 Å². The van der Waals surface area contributed by atoms with Crippen LogP contribution in [0.15, 0.2) is 0 Å². The van der Waals surface area contributed by atoms with E-state index in [0.29, 0.717) is 0 Å². The van der Waals surface area contributed by atoms with Crippen molar-refractivity contribution >= 4 is 0 Å². The van der Waals surface area contributed by atoms with Gasteiger partial charge in [0.25, 0.3) is 0 Å². The van der Waals surface area contributed by atoms with E-state index < -0.39 is 20.5 Å². The minimum Gasteiger partial charge on any atom is -1.00 e. The molecule has 4 atom stereocenters. The van der Waals surface area contributed by atoms with E-state index in [-0.39, 0.29) is 24.8 Å². The van der Waals surface area contributed by atoms with Gasteiger partial charge in [-0.3, -0.25) is 0 Å². The lowest BCUT2D eigenvalue weighted by Gasteiger charge is -2.22. The van der Waals surface area contributed by atoms with Crippen LogP contribution in [0.1, 0.15) is 12.8 Å². The number of rotatable bonds is 0. The highest BCUT2D eigenvalue weighted by molar-refractivity contribution is 4.35. The summed E-state index contributed by atoms with van der Waals surface area (Å²) < 4.78 is 67.9. The van der Waals surface area contributed by atoms with Crippen molar-refractivity contribution in [3.8, 4) is 0 Å². The fourth-order valence-corrected chi connectivity index (χ4v) is 2.74. The molecule has 0 aromatic carbocycles. The molecule has 0 aromatic heterocycles. The number of hydrogen-bond donors (Lipinski definition) is 4. The predicted octanol–water partition coefficient (Wildman–Crippen LogP) is -20.7. The van der Waals surface area contributed by atoms with Gasteiger partial charge in [-0.05, 0) is 0 Å². The van der Waals surface area contributed by atoms with Crippen molar-refractivity contribution in [1.82, 2.24) is 0 Å². The molecule has 1 rings (SSSR count). The number of hydrogen-bond acceptors (Lipinski definition) is 8. The van der Waals surface area contributed by atoms with E-state index in [4.69, 9.17) is 37.3 Å². The molecular formula is C14H36Cl4N4O8. The molecule has 16 heteroatoms. The van der Waals surface area contributed by atoms with Crippen LogP contribution in [0, 0.1) is 20.5 Å². The van der Waals surface area contributed by atoms with Crippen LogP contribution in [0.3, 0.4) is 0 Å². The van der Waals surface area contributed by atoms with Gasteiger partial charge in [0, 0.05) is 12.8 Å². The van der Waals surface area contributed by atoms with E-state index in [1.54, 1.807) is 19.6 Å². The Morgan fingerprint density at radius 2 is 0.533 bits per heavy atom. The number of nitrogens with one attached hydrogen (secondary N) is 4. The quantitative estimate of drug-likeness (QED) is 0.236. The fourth-order valence-electron chi connectivity index (χ4n) is 2.74. The molecule has 0 bridgehead atoms. The smallest absolute Gasteiger partial charge is 0.127 e. The summed E-state index contributed by atoms with van der Waals surface area (Å²) in [6.45, 7) is 10.7. The second kappa shape index (κ2) is 20.3. The van der Waals surface area contributed by atoms with Crippen LogP contribution >= 0.6 is 0 Å². The van der Waals surface area contributed by atoms with Gasteiger partial charge >= 0.3 is 0 Å². The lowest BCUT2D eigenvalue weighted by molar-refractivity contribution is -2.00. The second-order valence-electron chi connectivity index (χ2n) is 7.29. The van der Waals surface area contributed by atoms with Crippen LogP contribution in [-0.4, -0.2) is 80.5 Å². The first-order valence-corrected chi connectivity index (χ1v) is 11.5. The van der Waals surface area contributed by atoms with Crippen LogP contribution in [-0.2, 0) is 0 Å². The van der Waals surface area contributed by atoms with E-state index in [0.717, 1.165) is 0 Å². The maximum Gasteiger partial charge on any atom is 0.127 e. The summed E-state index contributed by atoms with van der Waals surface area (Å²) in [5.74, 6) is 0. The molecule has 1 aliphatic rings. The standard InChI is InChI=1S/C14H32N4.2ClHO4.2ClH/c1-15-7-5-8-17(3)13-14-18(4)10-6-9-16(2)12-11-15;2*2-1(3,4)5;;/h5-14H2,1-4H3;2*(H,2,3,4,5);2*1H. The van der Waals surface area contributed by atoms with Crippen molar-refractivity contribution in [3.63, 3.8) is 0 Å². The van der Waals surface area contributed by atoms with Gasteiger partial charge in [-0.25, -0.2) is 37.3 Å². The summed E-state index contributed by atoms with van der Waals surface area (Å²) in [4.78, 5) is 6.84. The van der Waals surface area contributed by atoms with E-state index in [1.807, 2.05) is 0 Å². The van der Waals surface area contributed by atoms with E-state index >= 15 is 0 Å². The highest BCUT2D eigenvalue weighted by atomic mass is 35.7. The van der Waals surface area contributed by atoms with Gasteiger partial charge in [-0.1, -0.05) is 0 Å². The molecule has 1 aliphatic heterocycles.